The van der Waals surface area contributed by atoms with E-state index in [9.17, 15) is 9.59 Å². The first-order valence-electron chi connectivity index (χ1n) is 5.73. The summed E-state index contributed by atoms with van der Waals surface area (Å²) in [7, 11) is 0. The number of rotatable bonds is 4. The van der Waals surface area contributed by atoms with Gasteiger partial charge in [-0.3, -0.25) is 9.59 Å². The van der Waals surface area contributed by atoms with Crippen LogP contribution < -0.4 is 10.6 Å². The van der Waals surface area contributed by atoms with Gasteiger partial charge in [-0.1, -0.05) is 31.5 Å². The zero-order chi connectivity index (χ0) is 13.4. The van der Waals surface area contributed by atoms with E-state index >= 15 is 0 Å². The number of hydrogen-bond acceptors (Lipinski definition) is 3. The predicted octanol–water partition coefficient (Wildman–Crippen LogP) is 1.22. The molecule has 94 valence electrons. The molecule has 1 aromatic carbocycles. The molecular formula is C13H15N3O2. The van der Waals surface area contributed by atoms with Crippen LogP contribution in [-0.4, -0.2) is 18.4 Å². The Hall–Kier alpha value is -2.35. The van der Waals surface area contributed by atoms with Crippen molar-refractivity contribution >= 4 is 17.5 Å². The van der Waals surface area contributed by atoms with Gasteiger partial charge in [-0.2, -0.15) is 5.26 Å². The van der Waals surface area contributed by atoms with Crippen molar-refractivity contribution in [3.05, 3.63) is 29.8 Å². The van der Waals surface area contributed by atoms with E-state index in [1.54, 1.807) is 18.2 Å². The zero-order valence-electron chi connectivity index (χ0n) is 10.2. The first-order valence-corrected chi connectivity index (χ1v) is 5.73. The van der Waals surface area contributed by atoms with Crippen LogP contribution in [0, 0.1) is 11.3 Å². The van der Waals surface area contributed by atoms with Crippen molar-refractivity contribution in [2.45, 2.75) is 19.8 Å². The largest absolute Gasteiger partial charge is 0.335 e. The number of anilines is 1. The van der Waals surface area contributed by atoms with Crippen LogP contribution in [0.25, 0.3) is 0 Å². The highest BCUT2D eigenvalue weighted by Crippen LogP contribution is 2.16. The fourth-order valence-corrected chi connectivity index (χ4v) is 1.51. The number of carbonyl (C=O) groups excluding carboxylic acids is 2. The van der Waals surface area contributed by atoms with E-state index in [1.165, 1.54) is 0 Å². The van der Waals surface area contributed by atoms with Crippen molar-refractivity contribution in [1.29, 1.82) is 5.26 Å². The maximum absolute atomic E-state index is 11.5. The number of nitrogens with one attached hydrogen (secondary N) is 2. The van der Waals surface area contributed by atoms with E-state index in [-0.39, 0.29) is 6.54 Å². The lowest BCUT2D eigenvalue weighted by Gasteiger charge is -2.09. The molecule has 0 aliphatic heterocycles. The van der Waals surface area contributed by atoms with Crippen LogP contribution in [0.1, 0.15) is 18.9 Å². The third-order valence-electron chi connectivity index (χ3n) is 2.32. The Kier molecular flexibility index (Phi) is 5.39. The van der Waals surface area contributed by atoms with Crippen LogP contribution in [0.15, 0.2) is 24.3 Å². The van der Waals surface area contributed by atoms with Gasteiger partial charge < -0.3 is 10.6 Å². The Morgan fingerprint density at radius 1 is 1.28 bits per heavy atom. The summed E-state index contributed by atoms with van der Waals surface area (Å²) in [6, 6.07) is 9.08. The van der Waals surface area contributed by atoms with Gasteiger partial charge in [0.05, 0.1) is 6.07 Å². The molecule has 1 rings (SSSR count). The molecule has 0 spiro atoms. The van der Waals surface area contributed by atoms with Gasteiger partial charge in [-0.15, -0.1) is 0 Å². The van der Waals surface area contributed by atoms with Crippen LogP contribution >= 0.6 is 0 Å². The summed E-state index contributed by atoms with van der Waals surface area (Å²) in [5.74, 6) is -1.56. The van der Waals surface area contributed by atoms with E-state index in [1.807, 2.05) is 19.1 Å². The summed E-state index contributed by atoms with van der Waals surface area (Å²) >= 11 is 0. The molecule has 0 radical (unpaired) electrons. The summed E-state index contributed by atoms with van der Waals surface area (Å²) in [4.78, 5) is 22.8. The average Bonchev–Trinajstić information content (AvgIpc) is 2.38. The van der Waals surface area contributed by atoms with Gasteiger partial charge in [0.15, 0.2) is 0 Å². The molecule has 0 aromatic heterocycles. The van der Waals surface area contributed by atoms with Gasteiger partial charge in [0.25, 0.3) is 0 Å². The van der Waals surface area contributed by atoms with E-state index in [0.29, 0.717) is 5.69 Å². The lowest BCUT2D eigenvalue weighted by molar-refractivity contribution is -0.136. The lowest BCUT2D eigenvalue weighted by atomic mass is 10.1. The maximum Gasteiger partial charge on any atom is 0.313 e. The molecular weight excluding hydrogens is 230 g/mol. The standard InChI is InChI=1S/C13H15N3O2/c1-2-5-10-6-3-4-7-11(10)16-13(18)12(17)15-9-8-14/h3-4,6-7H,2,5,9H2,1H3,(H,15,17)(H,16,18). The summed E-state index contributed by atoms with van der Waals surface area (Å²) in [5, 5.41) is 13.0. The molecule has 1 aromatic rings. The average molecular weight is 245 g/mol. The van der Waals surface area contributed by atoms with Crippen molar-refractivity contribution in [3.63, 3.8) is 0 Å². The van der Waals surface area contributed by atoms with E-state index in [4.69, 9.17) is 5.26 Å². The third kappa shape index (κ3) is 3.91. The number of amides is 2. The van der Waals surface area contributed by atoms with Crippen molar-refractivity contribution in [1.82, 2.24) is 5.32 Å². The van der Waals surface area contributed by atoms with Gasteiger partial charge in [0.2, 0.25) is 0 Å². The number of carbonyl (C=O) groups is 2. The topological polar surface area (TPSA) is 82.0 Å². The number of hydrogen-bond donors (Lipinski definition) is 2. The van der Waals surface area contributed by atoms with Crippen molar-refractivity contribution < 1.29 is 9.59 Å². The Balaban J connectivity index is 2.70. The fourth-order valence-electron chi connectivity index (χ4n) is 1.51. The van der Waals surface area contributed by atoms with Crippen LogP contribution in [0.3, 0.4) is 0 Å². The van der Waals surface area contributed by atoms with Crippen molar-refractivity contribution in [3.8, 4) is 6.07 Å². The quantitative estimate of drug-likeness (QED) is 0.618. The predicted molar refractivity (Wildman–Crippen MR) is 67.7 cm³/mol. The second-order valence-electron chi connectivity index (χ2n) is 3.70. The molecule has 2 amide bonds. The molecule has 0 fully saturated rings. The number of benzene rings is 1. The molecule has 5 nitrogen and oxygen atoms in total. The molecule has 0 bridgehead atoms. The van der Waals surface area contributed by atoms with Gasteiger partial charge in [-0.25, -0.2) is 0 Å². The molecule has 0 saturated heterocycles. The van der Waals surface area contributed by atoms with Gasteiger partial charge in [0, 0.05) is 5.69 Å². The monoisotopic (exact) mass is 245 g/mol. The maximum atomic E-state index is 11.5. The normalized spacial score (nSPS) is 9.33. The highest BCUT2D eigenvalue weighted by Gasteiger charge is 2.14. The number of aryl methyl sites for hydroxylation is 1. The first-order chi connectivity index (χ1) is 8.69. The minimum Gasteiger partial charge on any atom is -0.335 e. The van der Waals surface area contributed by atoms with Gasteiger partial charge in [-0.05, 0) is 18.1 Å². The number of para-hydroxylation sites is 1. The van der Waals surface area contributed by atoms with Gasteiger partial charge in [0.1, 0.15) is 6.54 Å². The Morgan fingerprint density at radius 3 is 2.67 bits per heavy atom. The zero-order valence-corrected chi connectivity index (χ0v) is 10.2. The smallest absolute Gasteiger partial charge is 0.313 e. The Morgan fingerprint density at radius 2 is 2.00 bits per heavy atom. The van der Waals surface area contributed by atoms with Crippen LogP contribution in [0.2, 0.25) is 0 Å². The molecule has 0 saturated carbocycles. The molecule has 18 heavy (non-hydrogen) atoms. The minimum absolute atomic E-state index is 0.178. The summed E-state index contributed by atoms with van der Waals surface area (Å²) in [6.45, 7) is 1.86. The second-order valence-corrected chi connectivity index (χ2v) is 3.70. The highest BCUT2D eigenvalue weighted by molar-refractivity contribution is 6.39. The fraction of sp³-hybridized carbons (Fsp3) is 0.308. The molecule has 0 heterocycles. The molecule has 0 atom stereocenters. The summed E-state index contributed by atoms with van der Waals surface area (Å²) in [6.07, 6.45) is 1.78. The molecule has 0 unspecified atom stereocenters. The highest BCUT2D eigenvalue weighted by atomic mass is 16.2. The van der Waals surface area contributed by atoms with Crippen LogP contribution in [0.5, 0.6) is 0 Å². The summed E-state index contributed by atoms with van der Waals surface area (Å²) < 4.78 is 0. The van der Waals surface area contributed by atoms with Crippen LogP contribution in [-0.2, 0) is 16.0 Å². The molecule has 2 N–H and O–H groups in total. The Labute approximate surface area is 106 Å². The number of nitriles is 1. The van der Waals surface area contributed by atoms with Gasteiger partial charge >= 0.3 is 11.8 Å². The number of nitrogens with zero attached hydrogens (tertiary/aromatic N) is 1. The lowest BCUT2D eigenvalue weighted by Crippen LogP contribution is -2.35. The van der Waals surface area contributed by atoms with Crippen LogP contribution in [0.4, 0.5) is 5.69 Å². The SMILES string of the molecule is CCCc1ccccc1NC(=O)C(=O)NCC#N. The van der Waals surface area contributed by atoms with Crippen molar-refractivity contribution in [2.75, 3.05) is 11.9 Å². The first kappa shape index (κ1) is 13.7. The third-order valence-corrected chi connectivity index (χ3v) is 2.32. The molecule has 5 heteroatoms. The van der Waals surface area contributed by atoms with E-state index in [0.717, 1.165) is 18.4 Å². The Bertz CT molecular complexity index is 477. The summed E-state index contributed by atoms with van der Waals surface area (Å²) in [5.41, 5.74) is 1.62. The molecule has 0 aliphatic rings. The van der Waals surface area contributed by atoms with E-state index < -0.39 is 11.8 Å². The molecule has 0 aliphatic carbocycles. The van der Waals surface area contributed by atoms with E-state index in [2.05, 4.69) is 10.6 Å². The minimum atomic E-state index is -0.803. The second kappa shape index (κ2) is 7.07. The van der Waals surface area contributed by atoms with Crippen molar-refractivity contribution in [2.24, 2.45) is 0 Å².